The lowest BCUT2D eigenvalue weighted by molar-refractivity contribution is 0.415. The SMILES string of the molecule is COc1ccc([P+]2(Cc3ccccc3)C3CCCCC2CC3)cc1. The van der Waals surface area contributed by atoms with E-state index in [1.54, 1.807) is 18.0 Å². The van der Waals surface area contributed by atoms with Gasteiger partial charge >= 0.3 is 0 Å². The number of hydrogen-bond acceptors (Lipinski definition) is 1. The van der Waals surface area contributed by atoms with Gasteiger partial charge in [-0.25, -0.2) is 0 Å². The second-order valence-electron chi connectivity index (χ2n) is 7.44. The van der Waals surface area contributed by atoms with Crippen LogP contribution in [0.25, 0.3) is 0 Å². The first-order chi connectivity index (χ1) is 11.8. The minimum absolute atomic E-state index is 0.943. The van der Waals surface area contributed by atoms with Crippen LogP contribution in [0.2, 0.25) is 0 Å². The molecule has 0 radical (unpaired) electrons. The van der Waals surface area contributed by atoms with Crippen molar-refractivity contribution in [2.75, 3.05) is 7.11 Å². The van der Waals surface area contributed by atoms with Crippen LogP contribution >= 0.6 is 7.26 Å². The molecule has 2 atom stereocenters. The minimum atomic E-state index is -1.16. The molecular weight excluding hydrogens is 311 g/mol. The largest absolute Gasteiger partial charge is 0.497 e. The fourth-order valence-corrected chi connectivity index (χ4v) is 11.3. The molecule has 2 aliphatic heterocycles. The van der Waals surface area contributed by atoms with E-state index in [1.807, 2.05) is 0 Å². The Balaban J connectivity index is 1.79. The van der Waals surface area contributed by atoms with E-state index in [2.05, 4.69) is 54.6 Å². The molecule has 0 spiro atoms. The summed E-state index contributed by atoms with van der Waals surface area (Å²) < 4.78 is 5.41. The van der Waals surface area contributed by atoms with Crippen molar-refractivity contribution in [3.05, 3.63) is 60.2 Å². The van der Waals surface area contributed by atoms with Gasteiger partial charge in [0.15, 0.2) is 0 Å². The first-order valence-corrected chi connectivity index (χ1v) is 11.5. The first-order valence-electron chi connectivity index (χ1n) is 9.39. The van der Waals surface area contributed by atoms with Crippen molar-refractivity contribution in [3.8, 4) is 5.75 Å². The number of rotatable bonds is 4. The minimum Gasteiger partial charge on any atom is -0.497 e. The van der Waals surface area contributed by atoms with Crippen molar-refractivity contribution in [1.29, 1.82) is 0 Å². The number of benzene rings is 2. The van der Waals surface area contributed by atoms with Crippen LogP contribution in [0.1, 0.15) is 44.1 Å². The summed E-state index contributed by atoms with van der Waals surface area (Å²) in [7, 11) is 0.598. The van der Waals surface area contributed by atoms with E-state index in [9.17, 15) is 0 Å². The third kappa shape index (κ3) is 2.78. The lowest BCUT2D eigenvalue weighted by atomic mass is 10.0. The lowest BCUT2D eigenvalue weighted by Gasteiger charge is -2.33. The van der Waals surface area contributed by atoms with Gasteiger partial charge in [0, 0.05) is 0 Å². The van der Waals surface area contributed by atoms with Crippen LogP contribution < -0.4 is 10.0 Å². The number of fused-ring (bicyclic) bond motifs is 2. The second-order valence-corrected chi connectivity index (χ2v) is 11.6. The summed E-state index contributed by atoms with van der Waals surface area (Å²) in [5.74, 6) is 0.985. The molecule has 24 heavy (non-hydrogen) atoms. The van der Waals surface area contributed by atoms with E-state index in [-0.39, 0.29) is 0 Å². The van der Waals surface area contributed by atoms with Crippen molar-refractivity contribution in [1.82, 2.24) is 0 Å². The van der Waals surface area contributed by atoms with Crippen molar-refractivity contribution in [2.45, 2.75) is 56.0 Å². The van der Waals surface area contributed by atoms with Crippen LogP contribution in [0.3, 0.4) is 0 Å². The van der Waals surface area contributed by atoms with Gasteiger partial charge in [-0.3, -0.25) is 0 Å². The second kappa shape index (κ2) is 6.89. The smallest absolute Gasteiger partial charge is 0.119 e. The average molecular weight is 339 g/mol. The van der Waals surface area contributed by atoms with Crippen LogP contribution in [0.4, 0.5) is 0 Å². The molecule has 4 rings (SSSR count). The zero-order valence-electron chi connectivity index (χ0n) is 14.7. The predicted octanol–water partition coefficient (Wildman–Crippen LogP) is 5.64. The van der Waals surface area contributed by atoms with Crippen LogP contribution in [0, 0.1) is 0 Å². The zero-order valence-corrected chi connectivity index (χ0v) is 15.6. The molecule has 2 aliphatic rings. The van der Waals surface area contributed by atoms with Gasteiger partial charge in [0.05, 0.1) is 37.2 Å². The van der Waals surface area contributed by atoms with Gasteiger partial charge in [-0.15, -0.1) is 0 Å². The Hall–Kier alpha value is -1.33. The van der Waals surface area contributed by atoms with Gasteiger partial charge in [0.2, 0.25) is 0 Å². The number of methoxy groups -OCH3 is 1. The standard InChI is InChI=1S/C22H28OP/c1-23-19-11-13-22(14-12-19)24(17-18-7-3-2-4-8-18)20-9-5-6-10-21(24)16-15-20/h2-4,7-8,11-14,20-21H,5-6,9-10,15-17H2,1H3/q+1. The maximum absolute atomic E-state index is 5.41. The van der Waals surface area contributed by atoms with Gasteiger partial charge in [0.1, 0.15) is 5.75 Å². The molecule has 0 aliphatic carbocycles. The molecule has 0 amide bonds. The van der Waals surface area contributed by atoms with E-state index >= 15 is 0 Å². The fourth-order valence-electron chi connectivity index (χ4n) is 5.17. The molecule has 126 valence electrons. The monoisotopic (exact) mass is 339 g/mol. The van der Waals surface area contributed by atoms with Crippen LogP contribution in [-0.2, 0) is 6.16 Å². The third-order valence-corrected chi connectivity index (χ3v) is 12.1. The summed E-state index contributed by atoms with van der Waals surface area (Å²) in [5.41, 5.74) is 3.43. The zero-order chi connectivity index (χ0) is 16.4. The molecule has 2 saturated heterocycles. The maximum Gasteiger partial charge on any atom is 0.119 e. The van der Waals surface area contributed by atoms with E-state index < -0.39 is 7.26 Å². The Bertz CT molecular complexity index is 650. The first kappa shape index (κ1) is 16.2. The van der Waals surface area contributed by atoms with Crippen molar-refractivity contribution < 1.29 is 4.74 Å². The Morgan fingerprint density at radius 2 is 1.46 bits per heavy atom. The van der Waals surface area contributed by atoms with Gasteiger partial charge < -0.3 is 4.74 Å². The van der Waals surface area contributed by atoms with Crippen LogP contribution in [0.15, 0.2) is 54.6 Å². The van der Waals surface area contributed by atoms with E-state index in [0.717, 1.165) is 17.1 Å². The summed E-state index contributed by atoms with van der Waals surface area (Å²) in [5, 5.41) is 1.65. The van der Waals surface area contributed by atoms with Gasteiger partial charge in [0.25, 0.3) is 0 Å². The maximum atomic E-state index is 5.41. The molecule has 2 aromatic rings. The summed E-state index contributed by atoms with van der Waals surface area (Å²) in [4.78, 5) is 0. The van der Waals surface area contributed by atoms with E-state index in [0.29, 0.717) is 0 Å². The quantitative estimate of drug-likeness (QED) is 0.655. The summed E-state index contributed by atoms with van der Waals surface area (Å²) in [6.45, 7) is 0. The highest BCUT2D eigenvalue weighted by Gasteiger charge is 2.58. The molecule has 2 heterocycles. The molecule has 2 heteroatoms. The molecule has 0 N–H and O–H groups in total. The number of ether oxygens (including phenoxy) is 1. The Kier molecular flexibility index (Phi) is 4.63. The molecule has 1 nitrogen and oxygen atoms in total. The fraction of sp³-hybridized carbons (Fsp3) is 0.455. The molecule has 0 saturated carbocycles. The topological polar surface area (TPSA) is 9.23 Å². The van der Waals surface area contributed by atoms with Crippen LogP contribution in [-0.4, -0.2) is 18.4 Å². The Morgan fingerprint density at radius 3 is 2.04 bits per heavy atom. The summed E-state index contributed by atoms with van der Waals surface area (Å²) in [6, 6.07) is 20.4. The van der Waals surface area contributed by atoms with Crippen molar-refractivity contribution in [2.24, 2.45) is 0 Å². The summed E-state index contributed by atoms with van der Waals surface area (Å²) in [6.07, 6.45) is 9.98. The Morgan fingerprint density at radius 1 is 0.833 bits per heavy atom. The summed E-state index contributed by atoms with van der Waals surface area (Å²) >= 11 is 0. The molecule has 2 bridgehead atoms. The molecule has 2 unspecified atom stereocenters. The highest BCUT2D eigenvalue weighted by atomic mass is 31.2. The molecule has 2 fully saturated rings. The van der Waals surface area contributed by atoms with Crippen LogP contribution in [0.5, 0.6) is 5.75 Å². The van der Waals surface area contributed by atoms with E-state index in [4.69, 9.17) is 4.74 Å². The molecular formula is C22H28OP+. The van der Waals surface area contributed by atoms with Crippen molar-refractivity contribution in [3.63, 3.8) is 0 Å². The van der Waals surface area contributed by atoms with Gasteiger partial charge in [-0.1, -0.05) is 30.3 Å². The predicted molar refractivity (Wildman–Crippen MR) is 105 cm³/mol. The normalized spacial score (nSPS) is 29.2. The number of hydrogen-bond donors (Lipinski definition) is 0. The highest BCUT2D eigenvalue weighted by molar-refractivity contribution is 7.83. The third-order valence-electron chi connectivity index (χ3n) is 6.30. The van der Waals surface area contributed by atoms with Gasteiger partial charge in [-0.05, 0) is 68.4 Å². The molecule has 2 aromatic carbocycles. The average Bonchev–Trinajstić information content (AvgIpc) is 2.85. The lowest BCUT2D eigenvalue weighted by Crippen LogP contribution is -2.26. The van der Waals surface area contributed by atoms with E-state index in [1.165, 1.54) is 44.7 Å². The van der Waals surface area contributed by atoms with Crippen molar-refractivity contribution >= 4 is 12.6 Å². The van der Waals surface area contributed by atoms with Gasteiger partial charge in [-0.2, -0.15) is 0 Å². The Labute approximate surface area is 146 Å². The highest BCUT2D eigenvalue weighted by Crippen LogP contribution is 2.76. The molecule has 0 aromatic heterocycles.